The molecule has 3 rings (SSSR count). The number of rotatable bonds is 7. The summed E-state index contributed by atoms with van der Waals surface area (Å²) in [7, 11) is 0. The highest BCUT2D eigenvalue weighted by atomic mass is 32.2. The van der Waals surface area contributed by atoms with Gasteiger partial charge in [-0.1, -0.05) is 47.8 Å². The van der Waals surface area contributed by atoms with Crippen molar-refractivity contribution in [2.45, 2.75) is 18.8 Å². The highest BCUT2D eigenvalue weighted by Crippen LogP contribution is 2.33. The summed E-state index contributed by atoms with van der Waals surface area (Å²) in [5.41, 5.74) is 1.37. The minimum absolute atomic E-state index is 0.135. The van der Waals surface area contributed by atoms with Gasteiger partial charge in [0.15, 0.2) is 6.10 Å². The maximum absolute atomic E-state index is 12.7. The van der Waals surface area contributed by atoms with Gasteiger partial charge in [-0.15, -0.1) is 6.58 Å². The molecule has 0 unspecified atom stereocenters. The lowest BCUT2D eigenvalue weighted by molar-refractivity contribution is -0.128. The molecule has 0 saturated carbocycles. The van der Waals surface area contributed by atoms with Crippen LogP contribution < -0.4 is 5.32 Å². The van der Waals surface area contributed by atoms with Crippen LogP contribution in [0.15, 0.2) is 46.3 Å². The number of thioether (sulfide) groups is 2. The number of aliphatic imine (C=N–C) groups is 1. The van der Waals surface area contributed by atoms with E-state index in [1.165, 1.54) is 6.92 Å². The molecular weight excluding hydrogens is 384 g/mol. The first-order valence-corrected chi connectivity index (χ1v) is 10.5. The van der Waals surface area contributed by atoms with Gasteiger partial charge in [0.25, 0.3) is 5.91 Å². The molecule has 27 heavy (non-hydrogen) atoms. The molecule has 1 amide bonds. The molecule has 1 N–H and O–H groups in total. The van der Waals surface area contributed by atoms with E-state index in [0.717, 1.165) is 27.6 Å². The van der Waals surface area contributed by atoms with Crippen LogP contribution >= 0.6 is 23.5 Å². The van der Waals surface area contributed by atoms with Crippen molar-refractivity contribution in [2.75, 3.05) is 18.8 Å². The van der Waals surface area contributed by atoms with Crippen LogP contribution in [0, 0.1) is 0 Å². The van der Waals surface area contributed by atoms with E-state index in [-0.39, 0.29) is 11.7 Å². The Labute approximate surface area is 165 Å². The average Bonchev–Trinajstić information content (AvgIpc) is 3.31. The van der Waals surface area contributed by atoms with E-state index in [1.807, 2.05) is 24.3 Å². The molecule has 0 spiro atoms. The van der Waals surface area contributed by atoms with E-state index in [0.29, 0.717) is 17.9 Å². The van der Waals surface area contributed by atoms with Crippen molar-refractivity contribution in [3.63, 3.8) is 0 Å². The van der Waals surface area contributed by atoms with Crippen molar-refractivity contribution >= 4 is 50.7 Å². The minimum Gasteiger partial charge on any atom is -0.449 e. The predicted octanol–water partition coefficient (Wildman–Crippen LogP) is 3.62. The molecule has 1 aliphatic rings. The third-order valence-corrected chi connectivity index (χ3v) is 6.13. The average molecular weight is 405 g/mol. The van der Waals surface area contributed by atoms with Gasteiger partial charge in [-0.05, 0) is 13.0 Å². The Morgan fingerprint density at radius 2 is 2.30 bits per heavy atom. The Balaban J connectivity index is 1.79. The molecule has 142 valence electrons. The highest BCUT2D eigenvalue weighted by Gasteiger charge is 2.26. The SMILES string of the molecule is C=CCNC(=O)[C@H](C)OC(=O)c1oc2ccccc2c1CSC1=NCCS1. The van der Waals surface area contributed by atoms with Crippen molar-refractivity contribution in [1.82, 2.24) is 5.32 Å². The van der Waals surface area contributed by atoms with Gasteiger partial charge in [-0.2, -0.15) is 0 Å². The van der Waals surface area contributed by atoms with Gasteiger partial charge in [-0.25, -0.2) is 4.79 Å². The van der Waals surface area contributed by atoms with E-state index >= 15 is 0 Å². The summed E-state index contributed by atoms with van der Waals surface area (Å²) in [6.07, 6.45) is 0.631. The normalized spacial score (nSPS) is 14.6. The lowest BCUT2D eigenvalue weighted by Gasteiger charge is -2.12. The number of hydrogen-bond acceptors (Lipinski definition) is 7. The standard InChI is InChI=1S/C19H20N2O4S2/c1-3-8-20-17(22)12(2)24-18(23)16-14(11-27-19-21-9-10-26-19)13-6-4-5-7-15(13)25-16/h3-7,12H,1,8-11H2,2H3,(H,20,22)/t12-/m0/s1. The van der Waals surface area contributed by atoms with Gasteiger partial charge in [0.1, 0.15) is 9.96 Å². The van der Waals surface area contributed by atoms with Crippen LogP contribution in [0.3, 0.4) is 0 Å². The first kappa shape index (κ1) is 19.6. The molecule has 1 aromatic heterocycles. The summed E-state index contributed by atoms with van der Waals surface area (Å²) in [6, 6.07) is 7.46. The van der Waals surface area contributed by atoms with Crippen LogP contribution in [0.25, 0.3) is 11.0 Å². The smallest absolute Gasteiger partial charge is 0.375 e. The fourth-order valence-electron chi connectivity index (χ4n) is 2.53. The van der Waals surface area contributed by atoms with Crippen LogP contribution in [-0.4, -0.2) is 41.2 Å². The monoisotopic (exact) mass is 404 g/mol. The van der Waals surface area contributed by atoms with Gasteiger partial charge >= 0.3 is 5.97 Å². The predicted molar refractivity (Wildman–Crippen MR) is 110 cm³/mol. The Morgan fingerprint density at radius 1 is 1.48 bits per heavy atom. The number of fused-ring (bicyclic) bond motifs is 1. The summed E-state index contributed by atoms with van der Waals surface area (Å²) in [5, 5.41) is 3.47. The number of ether oxygens (including phenoxy) is 1. The van der Waals surface area contributed by atoms with Gasteiger partial charge in [0, 0.05) is 29.0 Å². The van der Waals surface area contributed by atoms with Crippen molar-refractivity contribution in [3.8, 4) is 0 Å². The number of esters is 1. The summed E-state index contributed by atoms with van der Waals surface area (Å²) in [4.78, 5) is 29.0. The molecule has 1 aliphatic heterocycles. The number of carbonyl (C=O) groups is 2. The zero-order valence-corrected chi connectivity index (χ0v) is 16.5. The molecule has 0 bridgehead atoms. The van der Waals surface area contributed by atoms with Crippen molar-refractivity contribution < 1.29 is 18.7 Å². The van der Waals surface area contributed by atoms with E-state index in [1.54, 1.807) is 29.6 Å². The van der Waals surface area contributed by atoms with Crippen LogP contribution in [0.1, 0.15) is 23.0 Å². The quantitative estimate of drug-likeness (QED) is 0.561. The van der Waals surface area contributed by atoms with Crippen LogP contribution in [0.2, 0.25) is 0 Å². The second-order valence-corrected chi connectivity index (χ2v) is 8.08. The number of benzene rings is 1. The van der Waals surface area contributed by atoms with Gasteiger partial charge < -0.3 is 14.5 Å². The number of nitrogens with zero attached hydrogens (tertiary/aromatic N) is 1. The second kappa shape index (κ2) is 9.14. The number of para-hydroxylation sites is 1. The first-order valence-electron chi connectivity index (χ1n) is 8.50. The van der Waals surface area contributed by atoms with Crippen molar-refractivity contribution in [2.24, 2.45) is 4.99 Å². The molecular formula is C19H20N2O4S2. The van der Waals surface area contributed by atoms with Crippen LogP contribution in [-0.2, 0) is 15.3 Å². The lowest BCUT2D eigenvalue weighted by Crippen LogP contribution is -2.35. The molecule has 0 saturated heterocycles. The molecule has 0 fully saturated rings. The fraction of sp³-hybridized carbons (Fsp3) is 0.316. The van der Waals surface area contributed by atoms with E-state index in [4.69, 9.17) is 9.15 Å². The summed E-state index contributed by atoms with van der Waals surface area (Å²) >= 11 is 3.29. The van der Waals surface area contributed by atoms with Crippen molar-refractivity contribution in [1.29, 1.82) is 0 Å². The summed E-state index contributed by atoms with van der Waals surface area (Å²) in [5.74, 6) is 0.636. The topological polar surface area (TPSA) is 80.9 Å². The van der Waals surface area contributed by atoms with Crippen LogP contribution in [0.4, 0.5) is 0 Å². The fourth-order valence-corrected chi connectivity index (χ4v) is 4.56. The molecule has 0 radical (unpaired) electrons. The zero-order chi connectivity index (χ0) is 19.2. The van der Waals surface area contributed by atoms with Crippen molar-refractivity contribution in [3.05, 3.63) is 48.2 Å². The third kappa shape index (κ3) is 4.75. The van der Waals surface area contributed by atoms with Gasteiger partial charge in [0.05, 0.1) is 6.54 Å². The highest BCUT2D eigenvalue weighted by molar-refractivity contribution is 8.38. The maximum atomic E-state index is 12.7. The van der Waals surface area contributed by atoms with E-state index in [9.17, 15) is 9.59 Å². The number of nitrogens with one attached hydrogen (secondary N) is 1. The molecule has 6 nitrogen and oxygen atoms in total. The molecule has 0 aliphatic carbocycles. The zero-order valence-electron chi connectivity index (χ0n) is 14.9. The Morgan fingerprint density at radius 3 is 3.04 bits per heavy atom. The van der Waals surface area contributed by atoms with Gasteiger partial charge in [0.2, 0.25) is 5.76 Å². The maximum Gasteiger partial charge on any atom is 0.375 e. The molecule has 1 aromatic carbocycles. The Kier molecular flexibility index (Phi) is 6.63. The van der Waals surface area contributed by atoms with Crippen LogP contribution in [0.5, 0.6) is 0 Å². The Bertz CT molecular complexity index is 891. The number of amides is 1. The third-order valence-electron chi connectivity index (χ3n) is 3.86. The molecule has 2 aromatic rings. The minimum atomic E-state index is -0.930. The number of carbonyl (C=O) groups excluding carboxylic acids is 2. The molecule has 8 heteroatoms. The summed E-state index contributed by atoms with van der Waals surface area (Å²) in [6.45, 7) is 6.20. The number of hydrogen-bond donors (Lipinski definition) is 1. The van der Waals surface area contributed by atoms with E-state index < -0.39 is 12.1 Å². The first-order chi connectivity index (χ1) is 13.1. The number of furan rings is 1. The Hall–Kier alpha value is -2.19. The largest absolute Gasteiger partial charge is 0.449 e. The lowest BCUT2D eigenvalue weighted by atomic mass is 10.1. The molecule has 1 atom stereocenters. The summed E-state index contributed by atoms with van der Waals surface area (Å²) < 4.78 is 12.1. The second-order valence-electron chi connectivity index (χ2n) is 5.77. The molecule has 2 heterocycles. The van der Waals surface area contributed by atoms with Gasteiger partial charge in [-0.3, -0.25) is 9.79 Å². The van der Waals surface area contributed by atoms with E-state index in [2.05, 4.69) is 16.9 Å².